The number of ether oxygens (including phenoxy) is 1. The third-order valence-electron chi connectivity index (χ3n) is 6.60. The van der Waals surface area contributed by atoms with Crippen LogP contribution in [0.25, 0.3) is 0 Å². The van der Waals surface area contributed by atoms with E-state index in [1.165, 1.54) is 24.9 Å². The molecular formula is C24H39N7O. The van der Waals surface area contributed by atoms with Crippen LogP contribution >= 0.6 is 0 Å². The van der Waals surface area contributed by atoms with Crippen LogP contribution in [-0.4, -0.2) is 61.1 Å². The average Bonchev–Trinajstić information content (AvgIpc) is 3.11. The van der Waals surface area contributed by atoms with Gasteiger partial charge in [0.05, 0.1) is 0 Å². The first kappa shape index (κ1) is 24.0. The first-order valence-electron chi connectivity index (χ1n) is 11.7. The summed E-state index contributed by atoms with van der Waals surface area (Å²) in [4.78, 5) is 7.09. The fourth-order valence-corrected chi connectivity index (χ4v) is 4.03. The fraction of sp³-hybridized carbons (Fsp3) is 0.625. The van der Waals surface area contributed by atoms with E-state index in [-0.39, 0.29) is 0 Å². The maximum absolute atomic E-state index is 5.34. The Morgan fingerprint density at radius 2 is 2.00 bits per heavy atom. The maximum Gasteiger partial charge on any atom is 0.191 e. The SMILES string of the molecule is COCCC1(CNC(=NCc2nnc(C)n2C)NCCCN(C)c2ccccc2)CCC1. The summed E-state index contributed by atoms with van der Waals surface area (Å²) >= 11 is 0. The van der Waals surface area contributed by atoms with Crippen molar-refractivity contribution < 1.29 is 4.74 Å². The number of nitrogens with one attached hydrogen (secondary N) is 2. The molecule has 2 aromatic rings. The van der Waals surface area contributed by atoms with E-state index >= 15 is 0 Å². The van der Waals surface area contributed by atoms with E-state index in [2.05, 4.69) is 57.0 Å². The number of hydrogen-bond acceptors (Lipinski definition) is 5. The highest BCUT2D eigenvalue weighted by atomic mass is 16.5. The number of nitrogens with zero attached hydrogens (tertiary/aromatic N) is 5. The van der Waals surface area contributed by atoms with Gasteiger partial charge in [-0.25, -0.2) is 4.99 Å². The minimum absolute atomic E-state index is 0.327. The molecule has 1 saturated carbocycles. The molecule has 0 unspecified atom stereocenters. The van der Waals surface area contributed by atoms with Gasteiger partial charge in [-0.3, -0.25) is 0 Å². The van der Waals surface area contributed by atoms with E-state index in [0.717, 1.165) is 56.7 Å². The number of aromatic nitrogens is 3. The van der Waals surface area contributed by atoms with Crippen LogP contribution in [0, 0.1) is 12.3 Å². The second kappa shape index (κ2) is 11.9. The van der Waals surface area contributed by atoms with Gasteiger partial charge in [0.1, 0.15) is 12.4 Å². The third-order valence-corrected chi connectivity index (χ3v) is 6.60. The molecule has 2 N–H and O–H groups in total. The lowest BCUT2D eigenvalue weighted by Gasteiger charge is -2.42. The first-order chi connectivity index (χ1) is 15.5. The summed E-state index contributed by atoms with van der Waals surface area (Å²) in [7, 11) is 5.90. The number of aryl methyl sites for hydroxylation is 1. The van der Waals surface area contributed by atoms with Crippen LogP contribution in [0.5, 0.6) is 0 Å². The van der Waals surface area contributed by atoms with Crippen LogP contribution < -0.4 is 15.5 Å². The van der Waals surface area contributed by atoms with Crippen LogP contribution in [0.2, 0.25) is 0 Å². The highest BCUT2D eigenvalue weighted by Crippen LogP contribution is 2.43. The molecule has 0 amide bonds. The zero-order chi connectivity index (χ0) is 22.8. The number of hydrogen-bond donors (Lipinski definition) is 2. The number of aliphatic imine (C=N–C) groups is 1. The van der Waals surface area contributed by atoms with Crippen molar-refractivity contribution in [3.63, 3.8) is 0 Å². The summed E-state index contributed by atoms with van der Waals surface area (Å²) in [5.74, 6) is 2.61. The number of guanidine groups is 1. The minimum Gasteiger partial charge on any atom is -0.385 e. The second-order valence-corrected chi connectivity index (χ2v) is 8.87. The van der Waals surface area contributed by atoms with Crippen molar-refractivity contribution in [1.82, 2.24) is 25.4 Å². The van der Waals surface area contributed by atoms with E-state index < -0.39 is 0 Å². The van der Waals surface area contributed by atoms with Gasteiger partial charge in [0, 0.05) is 53.1 Å². The predicted octanol–water partition coefficient (Wildman–Crippen LogP) is 2.89. The zero-order valence-corrected chi connectivity index (χ0v) is 20.1. The smallest absolute Gasteiger partial charge is 0.191 e. The molecule has 0 spiro atoms. The molecule has 1 fully saturated rings. The minimum atomic E-state index is 0.327. The largest absolute Gasteiger partial charge is 0.385 e. The van der Waals surface area contributed by atoms with E-state index in [9.17, 15) is 0 Å². The van der Waals surface area contributed by atoms with Crippen molar-refractivity contribution in [1.29, 1.82) is 0 Å². The predicted molar refractivity (Wildman–Crippen MR) is 130 cm³/mol. The Morgan fingerprint density at radius 3 is 2.62 bits per heavy atom. The van der Waals surface area contributed by atoms with Gasteiger partial charge in [-0.15, -0.1) is 10.2 Å². The Morgan fingerprint density at radius 1 is 1.22 bits per heavy atom. The van der Waals surface area contributed by atoms with Gasteiger partial charge in [0.2, 0.25) is 0 Å². The number of rotatable bonds is 12. The van der Waals surface area contributed by atoms with E-state index in [1.807, 2.05) is 24.6 Å². The number of benzene rings is 1. The Labute approximate surface area is 192 Å². The molecule has 3 rings (SSSR count). The summed E-state index contributed by atoms with van der Waals surface area (Å²) < 4.78 is 7.33. The quantitative estimate of drug-likeness (QED) is 0.300. The highest BCUT2D eigenvalue weighted by molar-refractivity contribution is 5.79. The number of anilines is 1. The molecule has 0 bridgehead atoms. The second-order valence-electron chi connectivity index (χ2n) is 8.87. The van der Waals surface area contributed by atoms with Crippen molar-refractivity contribution in [3.05, 3.63) is 42.0 Å². The molecule has 32 heavy (non-hydrogen) atoms. The normalized spacial score (nSPS) is 15.3. The molecule has 1 aliphatic rings. The Balaban J connectivity index is 1.54. The lowest BCUT2D eigenvalue weighted by molar-refractivity contribution is 0.0732. The Bertz CT molecular complexity index is 845. The summed E-state index contributed by atoms with van der Waals surface area (Å²) in [6, 6.07) is 10.5. The molecule has 0 atom stereocenters. The summed E-state index contributed by atoms with van der Waals surface area (Å²) in [5.41, 5.74) is 1.56. The summed E-state index contributed by atoms with van der Waals surface area (Å²) in [6.07, 6.45) is 5.91. The van der Waals surface area contributed by atoms with Gasteiger partial charge < -0.3 is 24.8 Å². The molecule has 0 radical (unpaired) electrons. The van der Waals surface area contributed by atoms with Crippen molar-refractivity contribution in [3.8, 4) is 0 Å². The summed E-state index contributed by atoms with van der Waals surface area (Å²) in [5, 5.41) is 15.5. The van der Waals surface area contributed by atoms with E-state index in [4.69, 9.17) is 9.73 Å². The lowest BCUT2D eigenvalue weighted by Crippen LogP contribution is -2.47. The van der Waals surface area contributed by atoms with Crippen LogP contribution in [-0.2, 0) is 18.3 Å². The van der Waals surface area contributed by atoms with Gasteiger partial charge in [0.25, 0.3) is 0 Å². The Kier molecular flexibility index (Phi) is 8.90. The van der Waals surface area contributed by atoms with Gasteiger partial charge >= 0.3 is 0 Å². The molecule has 0 aliphatic heterocycles. The van der Waals surface area contributed by atoms with Crippen molar-refractivity contribution in [2.75, 3.05) is 45.3 Å². The van der Waals surface area contributed by atoms with Crippen molar-refractivity contribution >= 4 is 11.6 Å². The van der Waals surface area contributed by atoms with Crippen LogP contribution in [0.4, 0.5) is 5.69 Å². The summed E-state index contributed by atoms with van der Waals surface area (Å²) in [6.45, 7) is 6.02. The maximum atomic E-state index is 5.34. The third kappa shape index (κ3) is 6.69. The first-order valence-corrected chi connectivity index (χ1v) is 11.7. The van der Waals surface area contributed by atoms with Gasteiger partial charge in [0.15, 0.2) is 11.8 Å². The van der Waals surface area contributed by atoms with E-state index in [1.54, 1.807) is 7.11 Å². The number of para-hydroxylation sites is 1. The molecule has 1 aromatic carbocycles. The van der Waals surface area contributed by atoms with Crippen molar-refractivity contribution in [2.24, 2.45) is 17.5 Å². The Hall–Kier alpha value is -2.61. The molecule has 1 aromatic heterocycles. The fourth-order valence-electron chi connectivity index (χ4n) is 4.03. The van der Waals surface area contributed by atoms with Crippen LogP contribution in [0.1, 0.15) is 43.8 Å². The molecule has 1 heterocycles. The standard InChI is InChI=1S/C24H39N7O/c1-20-28-29-22(31(20)3)18-26-23(27-19-24(12-8-13-24)14-17-32-4)25-15-9-16-30(2)21-10-6-5-7-11-21/h5-7,10-11H,8-9,12-19H2,1-4H3,(H2,25,26,27). The topological polar surface area (TPSA) is 79.6 Å². The van der Waals surface area contributed by atoms with Gasteiger partial charge in [-0.2, -0.15) is 0 Å². The molecule has 8 nitrogen and oxygen atoms in total. The molecule has 176 valence electrons. The number of methoxy groups -OCH3 is 1. The monoisotopic (exact) mass is 441 g/mol. The highest BCUT2D eigenvalue weighted by Gasteiger charge is 2.36. The van der Waals surface area contributed by atoms with Crippen LogP contribution in [0.3, 0.4) is 0 Å². The van der Waals surface area contributed by atoms with Crippen LogP contribution in [0.15, 0.2) is 35.3 Å². The lowest BCUT2D eigenvalue weighted by atomic mass is 9.67. The average molecular weight is 442 g/mol. The molecular weight excluding hydrogens is 402 g/mol. The molecule has 0 saturated heterocycles. The van der Waals surface area contributed by atoms with E-state index in [0.29, 0.717) is 12.0 Å². The zero-order valence-electron chi connectivity index (χ0n) is 20.1. The molecule has 8 heteroatoms. The van der Waals surface area contributed by atoms with Gasteiger partial charge in [-0.05, 0) is 50.2 Å². The van der Waals surface area contributed by atoms with Crippen molar-refractivity contribution in [2.45, 2.75) is 45.6 Å². The van der Waals surface area contributed by atoms with Gasteiger partial charge in [-0.1, -0.05) is 24.6 Å². The molecule has 1 aliphatic carbocycles.